The van der Waals surface area contributed by atoms with Crippen molar-refractivity contribution < 1.29 is 9.42 Å². The molecule has 0 radical (unpaired) electrons. The van der Waals surface area contributed by atoms with Gasteiger partial charge in [0, 0.05) is 10.6 Å². The number of nitrogens with two attached hydrogens (primary N) is 1. The summed E-state index contributed by atoms with van der Waals surface area (Å²) >= 11 is 1.50. The van der Waals surface area contributed by atoms with Crippen LogP contribution in [-0.4, -0.2) is 36.9 Å². The Balaban J connectivity index is 1.59. The molecule has 0 atom stereocenters. The summed E-state index contributed by atoms with van der Waals surface area (Å²) in [5, 5.41) is 28.5. The average molecular weight is 474 g/mol. The van der Waals surface area contributed by atoms with Crippen LogP contribution < -0.4 is 11.2 Å². The number of amides is 1. The fourth-order valence-corrected chi connectivity index (χ4v) is 3.83. The third kappa shape index (κ3) is 4.94. The lowest BCUT2D eigenvalue weighted by molar-refractivity contribution is 0.0949. The normalized spacial score (nSPS) is 11.3. The van der Waals surface area contributed by atoms with Crippen LogP contribution in [0.5, 0.6) is 0 Å². The highest BCUT2D eigenvalue weighted by molar-refractivity contribution is 7.98. The van der Waals surface area contributed by atoms with Crippen LogP contribution in [0.2, 0.25) is 0 Å². The van der Waals surface area contributed by atoms with E-state index in [1.807, 2.05) is 31.2 Å². The van der Waals surface area contributed by atoms with E-state index < -0.39 is 5.91 Å². The monoisotopic (exact) mass is 473 g/mol. The van der Waals surface area contributed by atoms with Crippen molar-refractivity contribution >= 4 is 29.2 Å². The van der Waals surface area contributed by atoms with Gasteiger partial charge in [-0.1, -0.05) is 35.0 Å². The quantitative estimate of drug-likeness (QED) is 0.233. The number of benzene rings is 2. The summed E-state index contributed by atoms with van der Waals surface area (Å²) in [5.74, 6) is -0.0334. The molecule has 3 N–H and O–H groups in total. The smallest absolute Gasteiger partial charge is 0.293 e. The maximum Gasteiger partial charge on any atom is 0.293 e. The molecule has 4 rings (SSSR count). The number of nitrogens with one attached hydrogen (secondary N) is 1. The molecule has 0 saturated heterocycles. The summed E-state index contributed by atoms with van der Waals surface area (Å²) in [7, 11) is 0. The van der Waals surface area contributed by atoms with Crippen molar-refractivity contribution in [2.24, 2.45) is 5.10 Å². The molecule has 170 valence electrons. The summed E-state index contributed by atoms with van der Waals surface area (Å²) in [6.45, 7) is 3.76. The maximum atomic E-state index is 12.9. The predicted molar refractivity (Wildman–Crippen MR) is 125 cm³/mol. The van der Waals surface area contributed by atoms with Crippen LogP contribution >= 0.6 is 11.8 Å². The van der Waals surface area contributed by atoms with E-state index in [0.29, 0.717) is 22.7 Å². The first kappa shape index (κ1) is 22.7. The van der Waals surface area contributed by atoms with Crippen LogP contribution in [0.3, 0.4) is 0 Å². The lowest BCUT2D eigenvalue weighted by atomic mass is 10.1. The van der Waals surface area contributed by atoms with E-state index in [1.54, 1.807) is 31.2 Å². The Labute approximate surface area is 198 Å². The summed E-state index contributed by atoms with van der Waals surface area (Å²) in [6.07, 6.45) is 0. The van der Waals surface area contributed by atoms with Crippen molar-refractivity contribution in [1.82, 2.24) is 30.7 Å². The number of aromatic nitrogens is 5. The Morgan fingerprint density at radius 1 is 1.21 bits per heavy atom. The highest BCUT2D eigenvalue weighted by Gasteiger charge is 2.24. The van der Waals surface area contributed by atoms with Gasteiger partial charge in [-0.05, 0) is 54.0 Å². The molecule has 2 heterocycles. The van der Waals surface area contributed by atoms with Crippen molar-refractivity contribution in [3.8, 4) is 11.9 Å². The molecule has 0 aliphatic heterocycles. The van der Waals surface area contributed by atoms with Crippen LogP contribution in [0.15, 0.2) is 63.2 Å². The number of carbonyl (C=O) groups excluding carboxylic acids is 1. The number of carbonyl (C=O) groups is 1. The molecule has 2 aromatic heterocycles. The topological polar surface area (TPSA) is 161 Å². The van der Waals surface area contributed by atoms with E-state index in [0.717, 1.165) is 16.0 Å². The van der Waals surface area contributed by atoms with E-state index in [-0.39, 0.29) is 17.3 Å². The molecular weight excluding hydrogens is 454 g/mol. The molecular formula is C22H19N9O2S. The van der Waals surface area contributed by atoms with Gasteiger partial charge in [-0.2, -0.15) is 15.0 Å². The zero-order valence-corrected chi connectivity index (χ0v) is 19.1. The minimum absolute atomic E-state index is 0.0214. The van der Waals surface area contributed by atoms with Crippen LogP contribution in [0, 0.1) is 18.3 Å². The van der Waals surface area contributed by atoms with E-state index in [2.05, 4.69) is 41.9 Å². The third-order valence-electron chi connectivity index (χ3n) is 4.83. The summed E-state index contributed by atoms with van der Waals surface area (Å²) in [4.78, 5) is 14.0. The summed E-state index contributed by atoms with van der Waals surface area (Å²) in [6, 6.07) is 16.9. The standard InChI is InChI=1S/C22H19N9O2S/c1-13-3-9-17(10-4-13)34-12-18-19(26-30-31(18)21-20(24)28-33-29-21)22(32)27-25-14(2)16-7-5-15(11-23)6-8-16/h3-10H,12H2,1-2H3,(H2,24,28)(H,27,32)/b25-14-. The minimum Gasteiger partial charge on any atom is -0.378 e. The van der Waals surface area contributed by atoms with Crippen molar-refractivity contribution in [3.63, 3.8) is 0 Å². The Hall–Kier alpha value is -4.50. The molecule has 11 nitrogen and oxygen atoms in total. The van der Waals surface area contributed by atoms with Gasteiger partial charge < -0.3 is 5.73 Å². The number of rotatable bonds is 7. The van der Waals surface area contributed by atoms with E-state index >= 15 is 0 Å². The van der Waals surface area contributed by atoms with Gasteiger partial charge in [0.15, 0.2) is 5.69 Å². The van der Waals surface area contributed by atoms with Crippen LogP contribution in [0.25, 0.3) is 5.82 Å². The van der Waals surface area contributed by atoms with Gasteiger partial charge in [-0.15, -0.1) is 16.9 Å². The van der Waals surface area contributed by atoms with Gasteiger partial charge in [0.05, 0.1) is 23.0 Å². The molecule has 1 amide bonds. The van der Waals surface area contributed by atoms with Gasteiger partial charge in [0.25, 0.3) is 5.91 Å². The van der Waals surface area contributed by atoms with Crippen molar-refractivity contribution in [2.45, 2.75) is 24.5 Å². The number of anilines is 1. The Morgan fingerprint density at radius 2 is 1.94 bits per heavy atom. The number of nitriles is 1. The number of aryl methyl sites for hydroxylation is 1. The summed E-state index contributed by atoms with van der Waals surface area (Å²) in [5.41, 5.74) is 11.9. The Bertz CT molecular complexity index is 1380. The lowest BCUT2D eigenvalue weighted by Crippen LogP contribution is -2.21. The second kappa shape index (κ2) is 9.97. The maximum absolute atomic E-state index is 12.9. The molecule has 0 bridgehead atoms. The SMILES string of the molecule is C/C(=N/NC(=O)c1nnn(-c2nonc2N)c1CSc1ccc(C)cc1)c1ccc(C#N)cc1. The molecule has 0 fully saturated rings. The van der Waals surface area contributed by atoms with Crippen LogP contribution in [0.4, 0.5) is 5.82 Å². The fraction of sp³-hybridized carbons (Fsp3) is 0.136. The summed E-state index contributed by atoms with van der Waals surface area (Å²) < 4.78 is 6.01. The van der Waals surface area contributed by atoms with Crippen LogP contribution in [0.1, 0.15) is 39.8 Å². The highest BCUT2D eigenvalue weighted by Crippen LogP contribution is 2.26. The van der Waals surface area contributed by atoms with E-state index in [1.165, 1.54) is 16.4 Å². The number of hydrazone groups is 1. The van der Waals surface area contributed by atoms with Gasteiger partial charge in [-0.25, -0.2) is 10.1 Å². The van der Waals surface area contributed by atoms with E-state index in [9.17, 15) is 4.79 Å². The molecule has 0 aliphatic rings. The largest absolute Gasteiger partial charge is 0.378 e. The van der Waals surface area contributed by atoms with Gasteiger partial charge in [0.1, 0.15) is 0 Å². The third-order valence-corrected chi connectivity index (χ3v) is 5.85. The first-order valence-corrected chi connectivity index (χ1v) is 11.0. The van der Waals surface area contributed by atoms with Crippen LogP contribution in [-0.2, 0) is 5.75 Å². The molecule has 0 unspecified atom stereocenters. The molecule has 0 aliphatic carbocycles. The Morgan fingerprint density at radius 3 is 2.59 bits per heavy atom. The number of nitrogens with zero attached hydrogens (tertiary/aromatic N) is 7. The number of hydrogen-bond acceptors (Lipinski definition) is 10. The first-order valence-electron chi connectivity index (χ1n) is 10.0. The molecule has 34 heavy (non-hydrogen) atoms. The van der Waals surface area contributed by atoms with E-state index in [4.69, 9.17) is 11.0 Å². The number of thioether (sulfide) groups is 1. The van der Waals surface area contributed by atoms with Gasteiger partial charge in [-0.3, -0.25) is 4.79 Å². The second-order valence-electron chi connectivity index (χ2n) is 7.20. The second-order valence-corrected chi connectivity index (χ2v) is 8.25. The number of hydrogen-bond donors (Lipinski definition) is 2. The molecule has 2 aromatic carbocycles. The Kier molecular flexibility index (Phi) is 6.65. The van der Waals surface area contributed by atoms with Crippen molar-refractivity contribution in [3.05, 3.63) is 76.6 Å². The predicted octanol–water partition coefficient (Wildman–Crippen LogP) is 2.86. The fourth-order valence-electron chi connectivity index (χ4n) is 2.94. The molecule has 0 spiro atoms. The number of nitrogen functional groups attached to an aromatic ring is 1. The van der Waals surface area contributed by atoms with Gasteiger partial charge >= 0.3 is 0 Å². The molecule has 12 heteroatoms. The van der Waals surface area contributed by atoms with Gasteiger partial charge in [0.2, 0.25) is 11.6 Å². The minimum atomic E-state index is -0.547. The highest BCUT2D eigenvalue weighted by atomic mass is 32.2. The zero-order chi connectivity index (χ0) is 24.1. The first-order chi connectivity index (χ1) is 16.5. The van der Waals surface area contributed by atoms with Crippen molar-refractivity contribution in [1.29, 1.82) is 5.26 Å². The lowest BCUT2D eigenvalue weighted by Gasteiger charge is -2.06. The zero-order valence-electron chi connectivity index (χ0n) is 18.3. The average Bonchev–Trinajstić information content (AvgIpc) is 3.47. The van der Waals surface area contributed by atoms with Crippen molar-refractivity contribution in [2.75, 3.05) is 5.73 Å². The molecule has 0 saturated carbocycles. The molecule has 4 aromatic rings.